The van der Waals surface area contributed by atoms with Crippen molar-refractivity contribution in [1.82, 2.24) is 15.0 Å². The van der Waals surface area contributed by atoms with Crippen LogP contribution in [0.5, 0.6) is 0 Å². The van der Waals surface area contributed by atoms with Crippen molar-refractivity contribution in [3.05, 3.63) is 212 Å². The molecular weight excluding hydrogens is 683 g/mol. The van der Waals surface area contributed by atoms with Crippen molar-refractivity contribution < 1.29 is 0 Å². The van der Waals surface area contributed by atoms with E-state index in [4.69, 9.17) is 15.0 Å². The normalized spacial score (nSPS) is 23.9. The lowest BCUT2D eigenvalue weighted by atomic mass is 9.79. The van der Waals surface area contributed by atoms with Crippen LogP contribution in [0.1, 0.15) is 0 Å². The van der Waals surface area contributed by atoms with Crippen LogP contribution in [0.3, 0.4) is 0 Å². The molecule has 11 rings (SSSR count). The van der Waals surface area contributed by atoms with Gasteiger partial charge in [0.2, 0.25) is 0 Å². The number of anilines is 2. The molecule has 1 aromatic heterocycles. The van der Waals surface area contributed by atoms with Gasteiger partial charge >= 0.3 is 0 Å². The van der Waals surface area contributed by atoms with Gasteiger partial charge in [-0.05, 0) is 53.1 Å². The van der Waals surface area contributed by atoms with E-state index in [1.54, 1.807) is 0 Å². The molecule has 0 saturated carbocycles. The maximum Gasteiger partial charge on any atom is 0.164 e. The summed E-state index contributed by atoms with van der Waals surface area (Å²) in [6.07, 6.45) is 23.5. The second-order valence-electron chi connectivity index (χ2n) is 15.1. The Hall–Kier alpha value is -6.85. The number of allylic oxidation sites excluding steroid dienone is 5. The van der Waals surface area contributed by atoms with E-state index in [0.29, 0.717) is 29.3 Å². The van der Waals surface area contributed by atoms with Crippen molar-refractivity contribution in [2.75, 3.05) is 9.80 Å². The largest absolute Gasteiger partial charge is 0.355 e. The molecule has 0 amide bonds. The molecule has 5 aromatic carbocycles. The van der Waals surface area contributed by atoms with Crippen LogP contribution >= 0.6 is 0 Å². The number of nitrogens with zero attached hydrogens (tertiary/aromatic N) is 5. The number of benzene rings is 5. The summed E-state index contributed by atoms with van der Waals surface area (Å²) in [7, 11) is 0. The van der Waals surface area contributed by atoms with Crippen LogP contribution in [0.4, 0.5) is 11.4 Å². The zero-order valence-corrected chi connectivity index (χ0v) is 30.8. The topological polar surface area (TPSA) is 45.2 Å². The molecule has 0 radical (unpaired) electrons. The first-order chi connectivity index (χ1) is 27.8. The molecule has 5 nitrogen and oxygen atoms in total. The molecule has 0 spiro atoms. The number of aromatic nitrogens is 3. The molecule has 0 bridgehead atoms. The minimum absolute atomic E-state index is 0.141. The highest BCUT2D eigenvalue weighted by atomic mass is 15.3. The molecule has 5 heteroatoms. The molecular formula is C51H39N5. The highest BCUT2D eigenvalue weighted by Gasteiger charge is 2.54. The quantitative estimate of drug-likeness (QED) is 0.171. The molecule has 1 fully saturated rings. The Balaban J connectivity index is 1.01. The summed E-state index contributed by atoms with van der Waals surface area (Å²) in [5, 5.41) is 0. The molecule has 0 N–H and O–H groups in total. The monoisotopic (exact) mass is 721 g/mol. The highest BCUT2D eigenvalue weighted by Crippen LogP contribution is 2.54. The van der Waals surface area contributed by atoms with Gasteiger partial charge in [-0.25, -0.2) is 15.0 Å². The number of hydrogen-bond donors (Lipinski definition) is 0. The third-order valence-corrected chi connectivity index (χ3v) is 12.0. The predicted molar refractivity (Wildman–Crippen MR) is 228 cm³/mol. The van der Waals surface area contributed by atoms with Crippen molar-refractivity contribution in [3.8, 4) is 45.3 Å². The third-order valence-electron chi connectivity index (χ3n) is 12.0. The smallest absolute Gasteiger partial charge is 0.164 e. The van der Waals surface area contributed by atoms with Gasteiger partial charge < -0.3 is 9.80 Å². The van der Waals surface area contributed by atoms with Crippen molar-refractivity contribution in [1.29, 1.82) is 0 Å². The lowest BCUT2D eigenvalue weighted by Crippen LogP contribution is -2.45. The highest BCUT2D eigenvalue weighted by molar-refractivity contribution is 5.75. The Kier molecular flexibility index (Phi) is 7.83. The SMILES string of the molecule is C1=CC2C3=C(C4C(C=C3)C3C=CC=CC3N4c3ccc(-c4nc(-c5ccccc5)nc(-c5ccccc5)n4)cc3)N(c3cccc(-c4ccccc4)c3)C2C=C1. The van der Waals surface area contributed by atoms with Gasteiger partial charge in [-0.1, -0.05) is 164 Å². The van der Waals surface area contributed by atoms with Gasteiger partial charge in [0.1, 0.15) is 0 Å². The summed E-state index contributed by atoms with van der Waals surface area (Å²) in [4.78, 5) is 20.3. The first kappa shape index (κ1) is 32.6. The van der Waals surface area contributed by atoms with Gasteiger partial charge in [0.15, 0.2) is 17.5 Å². The molecule has 3 aliphatic carbocycles. The summed E-state index contributed by atoms with van der Waals surface area (Å²) in [6.45, 7) is 0. The van der Waals surface area contributed by atoms with Crippen LogP contribution in [0.15, 0.2) is 212 Å². The third kappa shape index (κ3) is 5.42. The second kappa shape index (κ2) is 13.5. The standard InChI is InChI=1S/C51H39N5/c1-4-15-34(16-5-1)38-21-14-22-40(33-38)56-46-26-13-11-24-42(46)44-32-31-43-41-23-10-12-25-45(41)55(47(43)48(44)56)39-29-27-37(28-30-39)51-53-49(35-17-6-2-7-18-35)52-50(54-51)36-19-8-3-9-20-36/h1-33,41-43,45-47H. The zero-order valence-electron chi connectivity index (χ0n) is 30.8. The predicted octanol–water partition coefficient (Wildman–Crippen LogP) is 10.9. The van der Waals surface area contributed by atoms with Crippen molar-refractivity contribution in [2.24, 2.45) is 17.8 Å². The molecule has 268 valence electrons. The van der Waals surface area contributed by atoms with Crippen LogP contribution < -0.4 is 9.80 Å². The van der Waals surface area contributed by atoms with Crippen LogP contribution in [0, 0.1) is 17.8 Å². The number of fused-ring (bicyclic) bond motifs is 6. The van der Waals surface area contributed by atoms with Crippen molar-refractivity contribution >= 4 is 11.4 Å². The summed E-state index contributed by atoms with van der Waals surface area (Å²) in [5.41, 5.74) is 10.6. The molecule has 56 heavy (non-hydrogen) atoms. The van der Waals surface area contributed by atoms with Gasteiger partial charge in [0, 0.05) is 51.5 Å². The molecule has 6 atom stereocenters. The van der Waals surface area contributed by atoms with Crippen molar-refractivity contribution in [3.63, 3.8) is 0 Å². The van der Waals surface area contributed by atoms with Gasteiger partial charge in [-0.15, -0.1) is 0 Å². The second-order valence-corrected chi connectivity index (χ2v) is 15.1. The minimum Gasteiger partial charge on any atom is -0.355 e. The maximum absolute atomic E-state index is 5.02. The molecule has 3 heterocycles. The van der Waals surface area contributed by atoms with Gasteiger partial charge in [-0.2, -0.15) is 0 Å². The summed E-state index contributed by atoms with van der Waals surface area (Å²) >= 11 is 0. The zero-order chi connectivity index (χ0) is 37.0. The Morgan fingerprint density at radius 2 is 0.964 bits per heavy atom. The number of rotatable bonds is 6. The van der Waals surface area contributed by atoms with Gasteiger partial charge in [0.25, 0.3) is 0 Å². The molecule has 6 aromatic rings. The maximum atomic E-state index is 5.02. The first-order valence-electron chi connectivity index (χ1n) is 19.6. The minimum atomic E-state index is 0.141. The average Bonchev–Trinajstić information content (AvgIpc) is 3.80. The van der Waals surface area contributed by atoms with E-state index in [1.807, 2.05) is 36.4 Å². The van der Waals surface area contributed by atoms with Crippen LogP contribution in [0.25, 0.3) is 45.3 Å². The lowest BCUT2D eigenvalue weighted by Gasteiger charge is -2.40. The van der Waals surface area contributed by atoms with E-state index in [0.717, 1.165) is 16.7 Å². The summed E-state index contributed by atoms with van der Waals surface area (Å²) < 4.78 is 0. The van der Waals surface area contributed by atoms with E-state index >= 15 is 0 Å². The molecule has 2 aliphatic heterocycles. The van der Waals surface area contributed by atoms with E-state index in [-0.39, 0.29) is 24.0 Å². The van der Waals surface area contributed by atoms with E-state index < -0.39 is 0 Å². The van der Waals surface area contributed by atoms with Gasteiger partial charge in [-0.3, -0.25) is 0 Å². The fraction of sp³-hybridized carbons (Fsp3) is 0.118. The summed E-state index contributed by atoms with van der Waals surface area (Å²) in [6, 6.07) is 49.7. The average molecular weight is 722 g/mol. The summed E-state index contributed by atoms with van der Waals surface area (Å²) in [5.74, 6) is 2.95. The number of hydrogen-bond acceptors (Lipinski definition) is 5. The first-order valence-corrected chi connectivity index (χ1v) is 19.6. The van der Waals surface area contributed by atoms with E-state index in [2.05, 4.69) is 174 Å². The van der Waals surface area contributed by atoms with Crippen LogP contribution in [-0.2, 0) is 0 Å². The lowest BCUT2D eigenvalue weighted by molar-refractivity contribution is 0.512. The van der Waals surface area contributed by atoms with Crippen LogP contribution in [-0.4, -0.2) is 33.1 Å². The Bertz CT molecular complexity index is 2560. The fourth-order valence-corrected chi connectivity index (χ4v) is 9.53. The van der Waals surface area contributed by atoms with Crippen LogP contribution in [0.2, 0.25) is 0 Å². The Labute approximate surface area is 327 Å². The molecule has 5 aliphatic rings. The fourth-order valence-electron chi connectivity index (χ4n) is 9.53. The van der Waals surface area contributed by atoms with E-state index in [1.165, 1.54) is 33.8 Å². The molecule has 1 saturated heterocycles. The molecule has 6 unspecified atom stereocenters. The van der Waals surface area contributed by atoms with Gasteiger partial charge in [0.05, 0.1) is 18.1 Å². The van der Waals surface area contributed by atoms with Crippen molar-refractivity contribution in [2.45, 2.75) is 18.1 Å². The van der Waals surface area contributed by atoms with E-state index in [9.17, 15) is 0 Å². The Morgan fingerprint density at radius 1 is 0.411 bits per heavy atom. The Morgan fingerprint density at radius 3 is 1.62 bits per heavy atom.